The molecule has 0 N–H and O–H groups in total. The second-order valence-electron chi connectivity index (χ2n) is 3.25. The molecular formula is C12H10O2S4. The van der Waals surface area contributed by atoms with E-state index in [1.807, 2.05) is 24.3 Å². The Kier molecular flexibility index (Phi) is 5.49. The molecule has 0 aromatic carbocycles. The van der Waals surface area contributed by atoms with E-state index in [9.17, 15) is 9.59 Å². The monoisotopic (exact) mass is 314 g/mol. The van der Waals surface area contributed by atoms with Gasteiger partial charge in [0.2, 0.25) is 0 Å². The van der Waals surface area contributed by atoms with Gasteiger partial charge < -0.3 is 0 Å². The third-order valence-corrected chi connectivity index (χ3v) is 6.74. The van der Waals surface area contributed by atoms with Crippen molar-refractivity contribution in [2.24, 2.45) is 0 Å². The molecule has 0 fully saturated rings. The van der Waals surface area contributed by atoms with Crippen LogP contribution in [-0.4, -0.2) is 24.1 Å². The average Bonchev–Trinajstić information content (AvgIpc) is 3.03. The van der Waals surface area contributed by atoms with Gasteiger partial charge in [0.1, 0.15) is 0 Å². The van der Waals surface area contributed by atoms with Crippen molar-refractivity contribution in [1.29, 1.82) is 0 Å². The number of rotatable bonds is 7. The highest BCUT2D eigenvalue weighted by Gasteiger charge is 2.02. The molecule has 0 amide bonds. The van der Waals surface area contributed by atoms with Gasteiger partial charge >= 0.3 is 0 Å². The lowest BCUT2D eigenvalue weighted by atomic mass is 10.5. The highest BCUT2D eigenvalue weighted by Crippen LogP contribution is 2.30. The Morgan fingerprint density at radius 1 is 0.833 bits per heavy atom. The van der Waals surface area contributed by atoms with Crippen LogP contribution < -0.4 is 0 Å². The summed E-state index contributed by atoms with van der Waals surface area (Å²) in [7, 11) is 0. The SMILES string of the molecule is O=Cc1ccc(SCCSc2ccc(C=O)s2)s1. The summed E-state index contributed by atoms with van der Waals surface area (Å²) in [6.45, 7) is 0. The Bertz CT molecular complexity index is 481. The quantitative estimate of drug-likeness (QED) is 0.433. The molecule has 0 spiro atoms. The molecule has 0 saturated carbocycles. The topological polar surface area (TPSA) is 34.1 Å². The smallest absolute Gasteiger partial charge is 0.160 e. The lowest BCUT2D eigenvalue weighted by Crippen LogP contribution is -1.80. The number of thiophene rings is 2. The second kappa shape index (κ2) is 7.13. The van der Waals surface area contributed by atoms with Crippen molar-refractivity contribution in [3.8, 4) is 0 Å². The Hall–Kier alpha value is -0.560. The van der Waals surface area contributed by atoms with E-state index in [1.54, 1.807) is 23.5 Å². The maximum atomic E-state index is 10.5. The zero-order valence-corrected chi connectivity index (χ0v) is 12.6. The van der Waals surface area contributed by atoms with E-state index in [0.29, 0.717) is 0 Å². The Morgan fingerprint density at radius 2 is 1.28 bits per heavy atom. The van der Waals surface area contributed by atoms with Crippen LogP contribution in [0.25, 0.3) is 0 Å². The number of carbonyl (C=O) groups is 2. The molecule has 0 aliphatic carbocycles. The highest BCUT2D eigenvalue weighted by atomic mass is 32.2. The lowest BCUT2D eigenvalue weighted by Gasteiger charge is -1.97. The first-order valence-electron chi connectivity index (χ1n) is 5.17. The van der Waals surface area contributed by atoms with Gasteiger partial charge in [-0.3, -0.25) is 9.59 Å². The molecule has 94 valence electrons. The number of hydrogen-bond acceptors (Lipinski definition) is 6. The van der Waals surface area contributed by atoms with E-state index >= 15 is 0 Å². The van der Waals surface area contributed by atoms with Crippen LogP contribution in [0.3, 0.4) is 0 Å². The Labute approximate surface area is 122 Å². The molecule has 0 radical (unpaired) electrons. The molecule has 2 aromatic rings. The van der Waals surface area contributed by atoms with Gasteiger partial charge in [-0.05, 0) is 24.3 Å². The fourth-order valence-corrected chi connectivity index (χ4v) is 5.29. The first-order valence-corrected chi connectivity index (χ1v) is 8.78. The molecular weight excluding hydrogens is 304 g/mol. The first-order chi connectivity index (χ1) is 8.81. The zero-order valence-electron chi connectivity index (χ0n) is 9.33. The molecule has 18 heavy (non-hydrogen) atoms. The summed E-state index contributed by atoms with van der Waals surface area (Å²) in [6.07, 6.45) is 1.77. The summed E-state index contributed by atoms with van der Waals surface area (Å²) >= 11 is 6.58. The number of thioether (sulfide) groups is 2. The molecule has 0 aliphatic rings. The standard InChI is InChI=1S/C12H10O2S4/c13-7-9-1-3-11(17-9)15-5-6-16-12-4-2-10(8-14)18-12/h1-4,7-8H,5-6H2. The molecule has 0 unspecified atom stereocenters. The Morgan fingerprint density at radius 3 is 1.61 bits per heavy atom. The van der Waals surface area contributed by atoms with Gasteiger partial charge in [0.25, 0.3) is 0 Å². The molecule has 6 heteroatoms. The van der Waals surface area contributed by atoms with Crippen LogP contribution in [0.4, 0.5) is 0 Å². The zero-order chi connectivity index (χ0) is 12.8. The van der Waals surface area contributed by atoms with Crippen LogP contribution in [-0.2, 0) is 0 Å². The van der Waals surface area contributed by atoms with Crippen LogP contribution in [0.2, 0.25) is 0 Å². The summed E-state index contributed by atoms with van der Waals surface area (Å²) in [5, 5.41) is 0. The lowest BCUT2D eigenvalue weighted by molar-refractivity contribution is 0.111. The van der Waals surface area contributed by atoms with Gasteiger partial charge in [-0.1, -0.05) is 0 Å². The molecule has 2 rings (SSSR count). The van der Waals surface area contributed by atoms with Gasteiger partial charge in [-0.15, -0.1) is 46.2 Å². The molecule has 2 heterocycles. The van der Waals surface area contributed by atoms with Crippen molar-refractivity contribution < 1.29 is 9.59 Å². The third kappa shape index (κ3) is 3.98. The number of aldehydes is 2. The molecule has 0 bridgehead atoms. The van der Waals surface area contributed by atoms with E-state index in [1.165, 1.54) is 31.1 Å². The van der Waals surface area contributed by atoms with Crippen molar-refractivity contribution in [2.45, 2.75) is 8.42 Å². The van der Waals surface area contributed by atoms with E-state index < -0.39 is 0 Å². The van der Waals surface area contributed by atoms with Crippen molar-refractivity contribution >= 4 is 58.8 Å². The van der Waals surface area contributed by atoms with E-state index in [0.717, 1.165) is 33.8 Å². The summed E-state index contributed by atoms with van der Waals surface area (Å²) in [6, 6.07) is 7.67. The average molecular weight is 314 g/mol. The Balaban J connectivity index is 1.72. The largest absolute Gasteiger partial charge is 0.297 e. The summed E-state index contributed by atoms with van der Waals surface area (Å²) in [4.78, 5) is 22.6. The van der Waals surface area contributed by atoms with Gasteiger partial charge in [0.15, 0.2) is 12.6 Å². The second-order valence-corrected chi connectivity index (χ2v) is 8.27. The van der Waals surface area contributed by atoms with Crippen LogP contribution in [0.1, 0.15) is 19.3 Å². The van der Waals surface area contributed by atoms with E-state index in [-0.39, 0.29) is 0 Å². The van der Waals surface area contributed by atoms with E-state index in [2.05, 4.69) is 0 Å². The summed E-state index contributed by atoms with van der Waals surface area (Å²) in [5.41, 5.74) is 0. The third-order valence-electron chi connectivity index (χ3n) is 2.01. The minimum Gasteiger partial charge on any atom is -0.297 e. The van der Waals surface area contributed by atoms with Gasteiger partial charge in [-0.2, -0.15) is 0 Å². The minimum atomic E-state index is 0.777. The van der Waals surface area contributed by atoms with E-state index in [4.69, 9.17) is 0 Å². The maximum absolute atomic E-state index is 10.5. The predicted octanol–water partition coefficient (Wildman–Crippen LogP) is 4.32. The first kappa shape index (κ1) is 13.9. The minimum absolute atomic E-state index is 0.777. The fourth-order valence-electron chi connectivity index (χ4n) is 1.24. The van der Waals surface area contributed by atoms with Crippen LogP contribution in [0.5, 0.6) is 0 Å². The van der Waals surface area contributed by atoms with Crippen molar-refractivity contribution in [1.82, 2.24) is 0 Å². The molecule has 0 atom stereocenters. The maximum Gasteiger partial charge on any atom is 0.160 e. The fraction of sp³-hybridized carbons (Fsp3) is 0.167. The highest BCUT2D eigenvalue weighted by molar-refractivity contribution is 8.04. The number of hydrogen-bond donors (Lipinski definition) is 0. The molecule has 0 saturated heterocycles. The van der Waals surface area contributed by atoms with Gasteiger partial charge in [0, 0.05) is 11.5 Å². The molecule has 0 aliphatic heterocycles. The molecule has 2 aromatic heterocycles. The van der Waals surface area contributed by atoms with Crippen molar-refractivity contribution in [2.75, 3.05) is 11.5 Å². The van der Waals surface area contributed by atoms with Crippen molar-refractivity contribution in [3.05, 3.63) is 34.0 Å². The van der Waals surface area contributed by atoms with Crippen molar-refractivity contribution in [3.63, 3.8) is 0 Å². The van der Waals surface area contributed by atoms with Crippen LogP contribution in [0, 0.1) is 0 Å². The summed E-state index contributed by atoms with van der Waals surface area (Å²) in [5.74, 6) is 2.00. The summed E-state index contributed by atoms with van der Waals surface area (Å²) < 4.78 is 2.36. The van der Waals surface area contributed by atoms with Gasteiger partial charge in [0.05, 0.1) is 18.2 Å². The predicted molar refractivity (Wildman–Crippen MR) is 80.9 cm³/mol. The van der Waals surface area contributed by atoms with Gasteiger partial charge in [-0.25, -0.2) is 0 Å². The van der Waals surface area contributed by atoms with Crippen LogP contribution in [0.15, 0.2) is 32.7 Å². The normalized spacial score (nSPS) is 10.4. The number of carbonyl (C=O) groups excluding carboxylic acids is 2. The molecule has 2 nitrogen and oxygen atoms in total. The van der Waals surface area contributed by atoms with Crippen LogP contribution >= 0.6 is 46.2 Å².